The lowest BCUT2D eigenvalue weighted by molar-refractivity contribution is -0.00473. The van der Waals surface area contributed by atoms with E-state index in [9.17, 15) is 0 Å². The van der Waals surface area contributed by atoms with E-state index in [-0.39, 0.29) is 16.4 Å². The van der Waals surface area contributed by atoms with Crippen LogP contribution in [0.4, 0.5) is 0 Å². The topological polar surface area (TPSA) is 9.23 Å². The maximum atomic E-state index is 6.06. The largest absolute Gasteiger partial charge is 0.376 e. The third-order valence-electron chi connectivity index (χ3n) is 13.2. The lowest BCUT2D eigenvalue weighted by atomic mass is 9.85. The van der Waals surface area contributed by atoms with Crippen LogP contribution in [0.25, 0.3) is 33.9 Å². The second-order valence-electron chi connectivity index (χ2n) is 21.1. The molecule has 6 rings (SSSR count). The zero-order valence-corrected chi connectivity index (χ0v) is 39.9. The molecule has 0 saturated heterocycles. The fraction of sp³-hybridized carbons (Fsp3) is 0.500. The van der Waals surface area contributed by atoms with Crippen molar-refractivity contribution in [1.29, 1.82) is 0 Å². The summed E-state index contributed by atoms with van der Waals surface area (Å²) in [5.41, 5.74) is 20.4. The summed E-state index contributed by atoms with van der Waals surface area (Å²) >= 11 is 0. The van der Waals surface area contributed by atoms with Gasteiger partial charge in [0.1, 0.15) is 0 Å². The Hall–Kier alpha value is -3.46. The number of allylic oxidation sites excluding steroid dienone is 3. The standard InChI is InChI=1S/C56H76OSi/c1-14-35-58(37-51-47-24-19-22-45(50(47)36-49(51)38(2)3)40-26-30-42(31-27-40)54(5,6)7)53-39(4)44(21-17-15-16-18-34-57-56(11,12)13)52-46(23-20-25-48(52)53)41-28-32-43(33-29-41)55(8,9)10/h19-20,22-33,36,38,51,53,58H,14-18,21,34-35,37H2,1-13H3. The molecule has 0 bridgehead atoms. The van der Waals surface area contributed by atoms with Gasteiger partial charge < -0.3 is 4.74 Å². The molecule has 310 valence electrons. The number of unbranched alkanes of at least 4 members (excludes halogenated alkanes) is 3. The van der Waals surface area contributed by atoms with E-state index in [1.54, 1.807) is 33.4 Å². The summed E-state index contributed by atoms with van der Waals surface area (Å²) in [4.78, 5) is 0. The first kappa shape index (κ1) is 44.1. The van der Waals surface area contributed by atoms with Crippen LogP contribution < -0.4 is 0 Å². The van der Waals surface area contributed by atoms with Gasteiger partial charge in [-0.25, -0.2) is 0 Å². The summed E-state index contributed by atoms with van der Waals surface area (Å²) in [5, 5.41) is 0. The fourth-order valence-corrected chi connectivity index (χ4v) is 14.5. The number of hydrogen-bond acceptors (Lipinski definition) is 1. The highest BCUT2D eigenvalue weighted by atomic mass is 28.3. The summed E-state index contributed by atoms with van der Waals surface area (Å²) in [6.07, 6.45) is 9.90. The molecule has 0 amide bonds. The Balaban J connectivity index is 1.36. The molecule has 0 aromatic heterocycles. The normalized spacial score (nSPS) is 17.5. The van der Waals surface area contributed by atoms with Crippen molar-refractivity contribution in [3.8, 4) is 22.3 Å². The molecule has 3 atom stereocenters. The minimum Gasteiger partial charge on any atom is -0.376 e. The molecule has 1 nitrogen and oxygen atoms in total. The van der Waals surface area contributed by atoms with E-state index in [4.69, 9.17) is 4.74 Å². The van der Waals surface area contributed by atoms with E-state index in [1.165, 1.54) is 83.1 Å². The number of benzene rings is 4. The van der Waals surface area contributed by atoms with Gasteiger partial charge in [-0.3, -0.25) is 0 Å². The Labute approximate surface area is 356 Å². The van der Waals surface area contributed by atoms with Crippen molar-refractivity contribution in [1.82, 2.24) is 0 Å². The SMILES string of the molecule is CCC[SiH](CC1C(C(C)C)=Cc2c(-c3ccc(C(C)(C)C)cc3)cccc21)C1C(C)=C(CCCCCCOC(C)(C)C)c2c(-c3ccc(C(C)(C)C)cc3)cccc21. The Bertz CT molecular complexity index is 2070. The van der Waals surface area contributed by atoms with Crippen molar-refractivity contribution in [3.05, 3.63) is 129 Å². The molecule has 58 heavy (non-hydrogen) atoms. The highest BCUT2D eigenvalue weighted by Crippen LogP contribution is 2.53. The van der Waals surface area contributed by atoms with Crippen LogP contribution in [0.1, 0.15) is 173 Å². The van der Waals surface area contributed by atoms with Crippen molar-refractivity contribution in [3.63, 3.8) is 0 Å². The predicted octanol–water partition coefficient (Wildman–Crippen LogP) is 16.3. The molecule has 4 aromatic rings. The van der Waals surface area contributed by atoms with E-state index in [1.807, 2.05) is 0 Å². The molecule has 2 aliphatic carbocycles. The van der Waals surface area contributed by atoms with Crippen LogP contribution in [0.5, 0.6) is 0 Å². The number of hydrogen-bond donors (Lipinski definition) is 0. The van der Waals surface area contributed by atoms with Gasteiger partial charge in [0.15, 0.2) is 0 Å². The van der Waals surface area contributed by atoms with Gasteiger partial charge in [0, 0.05) is 12.5 Å². The van der Waals surface area contributed by atoms with Gasteiger partial charge in [0.05, 0.1) is 14.4 Å². The molecular weight excluding hydrogens is 717 g/mol. The molecule has 4 aromatic carbocycles. The van der Waals surface area contributed by atoms with Crippen LogP contribution in [-0.4, -0.2) is 21.0 Å². The zero-order valence-electron chi connectivity index (χ0n) is 38.7. The highest BCUT2D eigenvalue weighted by molar-refractivity contribution is 6.62. The zero-order chi connectivity index (χ0) is 42.0. The average Bonchev–Trinajstić information content (AvgIpc) is 3.67. The Kier molecular flexibility index (Phi) is 13.7. The highest BCUT2D eigenvalue weighted by Gasteiger charge is 2.39. The molecule has 0 heterocycles. The molecule has 0 aliphatic heterocycles. The summed E-state index contributed by atoms with van der Waals surface area (Å²) in [7, 11) is -1.36. The van der Waals surface area contributed by atoms with Gasteiger partial charge in [0.25, 0.3) is 0 Å². The molecule has 2 aliphatic rings. The van der Waals surface area contributed by atoms with E-state index >= 15 is 0 Å². The van der Waals surface area contributed by atoms with Crippen molar-refractivity contribution in [2.24, 2.45) is 5.92 Å². The second kappa shape index (κ2) is 18.0. The molecule has 0 radical (unpaired) electrons. The number of fused-ring (bicyclic) bond motifs is 2. The monoisotopic (exact) mass is 793 g/mol. The molecule has 2 heteroatoms. The molecule has 0 fully saturated rings. The number of rotatable bonds is 15. The van der Waals surface area contributed by atoms with Crippen molar-refractivity contribution >= 4 is 20.4 Å². The smallest absolute Gasteiger partial charge is 0.0598 e. The van der Waals surface area contributed by atoms with Crippen LogP contribution >= 0.6 is 0 Å². The lowest BCUT2D eigenvalue weighted by Crippen LogP contribution is -2.26. The fourth-order valence-electron chi connectivity index (χ4n) is 10.1. The minimum absolute atomic E-state index is 0.0577. The first-order valence-corrected chi connectivity index (χ1v) is 25.2. The van der Waals surface area contributed by atoms with Gasteiger partial charge in [-0.2, -0.15) is 0 Å². The summed E-state index contributed by atoms with van der Waals surface area (Å²) in [6, 6.07) is 36.2. The van der Waals surface area contributed by atoms with Gasteiger partial charge in [-0.1, -0.05) is 190 Å². The molecular formula is C56H76OSi. The third-order valence-corrected chi connectivity index (χ3v) is 17.4. The van der Waals surface area contributed by atoms with Gasteiger partial charge in [-0.05, 0) is 136 Å². The predicted molar refractivity (Wildman–Crippen MR) is 258 cm³/mol. The quantitative estimate of drug-likeness (QED) is 0.0861. The van der Waals surface area contributed by atoms with Gasteiger partial charge in [-0.15, -0.1) is 0 Å². The maximum Gasteiger partial charge on any atom is 0.0598 e. The van der Waals surface area contributed by atoms with Gasteiger partial charge in [0.2, 0.25) is 0 Å². The van der Waals surface area contributed by atoms with Gasteiger partial charge >= 0.3 is 0 Å². The summed E-state index contributed by atoms with van der Waals surface area (Å²) < 4.78 is 6.06. The summed E-state index contributed by atoms with van der Waals surface area (Å²) in [6.45, 7) is 31.1. The van der Waals surface area contributed by atoms with Crippen LogP contribution in [0.3, 0.4) is 0 Å². The Morgan fingerprint density at radius 1 is 0.655 bits per heavy atom. The van der Waals surface area contributed by atoms with Crippen molar-refractivity contribution < 1.29 is 4.74 Å². The third kappa shape index (κ3) is 9.93. The average molecular weight is 793 g/mol. The van der Waals surface area contributed by atoms with E-state index in [0.29, 0.717) is 17.4 Å². The first-order chi connectivity index (χ1) is 27.4. The van der Waals surface area contributed by atoms with Crippen LogP contribution in [0, 0.1) is 5.92 Å². The number of ether oxygens (including phenoxy) is 1. The van der Waals surface area contributed by atoms with E-state index in [2.05, 4.69) is 181 Å². The van der Waals surface area contributed by atoms with E-state index in [0.717, 1.165) is 13.0 Å². The van der Waals surface area contributed by atoms with Crippen LogP contribution in [0.15, 0.2) is 96.1 Å². The lowest BCUT2D eigenvalue weighted by Gasteiger charge is -2.30. The van der Waals surface area contributed by atoms with E-state index < -0.39 is 8.80 Å². The molecule has 0 N–H and O–H groups in total. The van der Waals surface area contributed by atoms with Crippen molar-refractivity contribution in [2.75, 3.05) is 6.61 Å². The Morgan fingerprint density at radius 2 is 1.21 bits per heavy atom. The summed E-state index contributed by atoms with van der Waals surface area (Å²) in [5.74, 6) is 1.01. The maximum absolute atomic E-state index is 6.06. The van der Waals surface area contributed by atoms with Crippen LogP contribution in [0.2, 0.25) is 12.1 Å². The first-order valence-electron chi connectivity index (χ1n) is 22.9. The van der Waals surface area contributed by atoms with Crippen LogP contribution in [-0.2, 0) is 15.6 Å². The molecule has 0 spiro atoms. The molecule has 3 unspecified atom stereocenters. The second-order valence-corrected chi connectivity index (χ2v) is 24.4. The minimum atomic E-state index is -1.36. The molecule has 0 saturated carbocycles. The van der Waals surface area contributed by atoms with Crippen molar-refractivity contribution in [2.45, 2.75) is 169 Å². The Morgan fingerprint density at radius 3 is 1.76 bits per heavy atom.